The normalized spacial score (nSPS) is 17.7. The maximum atomic E-state index is 9.60. The lowest BCUT2D eigenvalue weighted by atomic mass is 9.85. The number of likely N-dealkylation sites (tertiary alicyclic amines) is 1. The Labute approximate surface area is 210 Å². The van der Waals surface area contributed by atoms with Gasteiger partial charge in [0.25, 0.3) is 0 Å². The van der Waals surface area contributed by atoms with Gasteiger partial charge in [0.05, 0.1) is 0 Å². The van der Waals surface area contributed by atoms with Crippen LogP contribution in [0.3, 0.4) is 0 Å². The summed E-state index contributed by atoms with van der Waals surface area (Å²) in [6.45, 7) is 2.72. The molecule has 0 amide bonds. The van der Waals surface area contributed by atoms with Crippen molar-refractivity contribution in [1.82, 2.24) is 4.90 Å². The summed E-state index contributed by atoms with van der Waals surface area (Å²) < 4.78 is 0. The van der Waals surface area contributed by atoms with E-state index in [-0.39, 0.29) is 19.0 Å². The molecule has 0 bridgehead atoms. The van der Waals surface area contributed by atoms with Gasteiger partial charge in [-0.1, -0.05) is 84.9 Å². The van der Waals surface area contributed by atoms with Gasteiger partial charge in [-0.05, 0) is 90.9 Å². The van der Waals surface area contributed by atoms with E-state index in [0.717, 1.165) is 18.9 Å². The summed E-state index contributed by atoms with van der Waals surface area (Å²) in [6, 6.07) is 31.7. The molecule has 2 aliphatic rings. The first-order valence-corrected chi connectivity index (χ1v) is 12.6. The molecule has 1 heterocycles. The molecule has 2 fully saturated rings. The van der Waals surface area contributed by atoms with E-state index in [1.165, 1.54) is 72.2 Å². The number of aliphatic hydroxyl groups excluding tert-OH is 1. The Morgan fingerprint density at radius 3 is 1.82 bits per heavy atom. The van der Waals surface area contributed by atoms with Crippen LogP contribution < -0.4 is 0 Å². The van der Waals surface area contributed by atoms with Crippen molar-refractivity contribution < 1.29 is 5.11 Å². The van der Waals surface area contributed by atoms with E-state index in [2.05, 4.69) is 89.8 Å². The molecule has 1 aliphatic heterocycles. The maximum absolute atomic E-state index is 9.60. The Morgan fingerprint density at radius 2 is 1.26 bits per heavy atom. The molecule has 1 N–H and O–H groups in total. The topological polar surface area (TPSA) is 23.5 Å². The van der Waals surface area contributed by atoms with E-state index >= 15 is 0 Å². The summed E-state index contributed by atoms with van der Waals surface area (Å²) in [5.41, 5.74) is 7.81. The van der Waals surface area contributed by atoms with Gasteiger partial charge >= 0.3 is 0 Å². The molecule has 0 unspecified atom stereocenters. The molecular formula is C31H36ClNO. The van der Waals surface area contributed by atoms with Crippen LogP contribution in [0.25, 0.3) is 11.1 Å². The van der Waals surface area contributed by atoms with E-state index in [1.807, 2.05) is 0 Å². The van der Waals surface area contributed by atoms with Crippen LogP contribution >= 0.6 is 12.4 Å². The lowest BCUT2D eigenvalue weighted by Crippen LogP contribution is -2.34. The van der Waals surface area contributed by atoms with Gasteiger partial charge in [0, 0.05) is 12.6 Å². The van der Waals surface area contributed by atoms with Gasteiger partial charge in [0.15, 0.2) is 0 Å². The summed E-state index contributed by atoms with van der Waals surface area (Å²) in [6.07, 6.45) is 7.00. The van der Waals surface area contributed by atoms with Crippen LogP contribution in [-0.2, 0) is 0 Å². The zero-order valence-electron chi connectivity index (χ0n) is 19.9. The van der Waals surface area contributed by atoms with Crippen LogP contribution in [0.2, 0.25) is 0 Å². The Hall–Kier alpha value is -2.39. The first kappa shape index (κ1) is 24.7. The van der Waals surface area contributed by atoms with Crippen molar-refractivity contribution >= 4 is 23.6 Å². The Balaban J connectivity index is 0.00000274. The quantitative estimate of drug-likeness (QED) is 0.350. The number of halogens is 1. The second kappa shape index (κ2) is 11.8. The number of rotatable bonds is 8. The molecular weight excluding hydrogens is 438 g/mol. The molecule has 178 valence electrons. The zero-order valence-corrected chi connectivity index (χ0v) is 20.7. The minimum absolute atomic E-state index is 0. The van der Waals surface area contributed by atoms with Crippen molar-refractivity contribution in [2.24, 2.45) is 0 Å². The molecule has 2 nitrogen and oxygen atoms in total. The molecule has 3 aromatic rings. The summed E-state index contributed by atoms with van der Waals surface area (Å²) in [5, 5.41) is 9.60. The number of hydrogen-bond acceptors (Lipinski definition) is 2. The highest BCUT2D eigenvalue weighted by Gasteiger charge is 2.32. The van der Waals surface area contributed by atoms with Gasteiger partial charge in [-0.25, -0.2) is 0 Å². The second-order valence-corrected chi connectivity index (χ2v) is 9.58. The van der Waals surface area contributed by atoms with Crippen LogP contribution in [0, 0.1) is 0 Å². The average Bonchev–Trinajstić information content (AvgIpc) is 3.74. The predicted octanol–water partition coefficient (Wildman–Crippen LogP) is 7.18. The molecule has 0 spiro atoms. The number of hydrogen-bond donors (Lipinski definition) is 1. The third-order valence-corrected chi connectivity index (χ3v) is 7.33. The van der Waals surface area contributed by atoms with Crippen molar-refractivity contribution in [2.45, 2.75) is 50.5 Å². The number of benzene rings is 3. The predicted molar refractivity (Wildman–Crippen MR) is 145 cm³/mol. The summed E-state index contributed by atoms with van der Waals surface area (Å²) in [4.78, 5) is 2.70. The van der Waals surface area contributed by atoms with E-state index in [1.54, 1.807) is 0 Å². The molecule has 1 saturated carbocycles. The molecule has 3 heteroatoms. The number of piperidine rings is 1. The molecule has 0 atom stereocenters. The monoisotopic (exact) mass is 473 g/mol. The van der Waals surface area contributed by atoms with Crippen LogP contribution in [0.5, 0.6) is 0 Å². The van der Waals surface area contributed by atoms with Crippen molar-refractivity contribution in [3.63, 3.8) is 0 Å². The average molecular weight is 474 g/mol. The van der Waals surface area contributed by atoms with Crippen molar-refractivity contribution in [1.29, 1.82) is 0 Å². The molecule has 1 aliphatic carbocycles. The zero-order chi connectivity index (χ0) is 22.5. The molecule has 0 radical (unpaired) electrons. The molecule has 3 aromatic carbocycles. The molecule has 1 saturated heterocycles. The van der Waals surface area contributed by atoms with E-state index in [4.69, 9.17) is 0 Å². The fraction of sp³-hybridized carbons (Fsp3) is 0.355. The van der Waals surface area contributed by atoms with Gasteiger partial charge in [-0.2, -0.15) is 0 Å². The SMILES string of the molecule is Cl.OCCC/C(=C(\c1ccccc1)c1ccc(C2CCN(C3CC3)CC2)cc1)c1ccccc1. The third kappa shape index (κ3) is 5.81. The Morgan fingerprint density at radius 1 is 0.706 bits per heavy atom. The molecule has 34 heavy (non-hydrogen) atoms. The Kier molecular flexibility index (Phi) is 8.61. The number of allylic oxidation sites excluding steroid dienone is 1. The summed E-state index contributed by atoms with van der Waals surface area (Å²) in [5.74, 6) is 0.682. The van der Waals surface area contributed by atoms with Crippen molar-refractivity contribution in [2.75, 3.05) is 19.7 Å². The highest BCUT2D eigenvalue weighted by molar-refractivity contribution is 5.98. The largest absolute Gasteiger partial charge is 0.396 e. The van der Waals surface area contributed by atoms with Gasteiger partial charge in [-0.3, -0.25) is 0 Å². The fourth-order valence-corrected chi connectivity index (χ4v) is 5.39. The fourth-order valence-electron chi connectivity index (χ4n) is 5.39. The number of aliphatic hydroxyl groups is 1. The van der Waals surface area contributed by atoms with E-state index in [0.29, 0.717) is 5.92 Å². The molecule has 5 rings (SSSR count). The van der Waals surface area contributed by atoms with Crippen LogP contribution in [-0.4, -0.2) is 35.7 Å². The summed E-state index contributed by atoms with van der Waals surface area (Å²) in [7, 11) is 0. The minimum Gasteiger partial charge on any atom is -0.396 e. The minimum atomic E-state index is 0. The van der Waals surface area contributed by atoms with Crippen molar-refractivity contribution in [3.05, 3.63) is 107 Å². The van der Waals surface area contributed by atoms with Gasteiger partial charge in [0.2, 0.25) is 0 Å². The standard InChI is InChI=1S/C31H35NO.ClH/c33-23-7-12-30(26-8-3-1-4-9-26)31(27-10-5-2-6-11-27)28-15-13-24(14-16-28)25-19-21-32(22-20-25)29-17-18-29;/h1-6,8-11,13-16,25,29,33H,7,12,17-23H2;1H/b31-30-;. The lowest BCUT2D eigenvalue weighted by molar-refractivity contribution is 0.203. The maximum Gasteiger partial charge on any atom is 0.0434 e. The second-order valence-electron chi connectivity index (χ2n) is 9.58. The first-order chi connectivity index (χ1) is 16.3. The van der Waals surface area contributed by atoms with E-state index < -0.39 is 0 Å². The Bertz CT molecular complexity index is 1050. The van der Waals surface area contributed by atoms with Crippen LogP contribution in [0.1, 0.15) is 66.7 Å². The summed E-state index contributed by atoms with van der Waals surface area (Å²) >= 11 is 0. The highest BCUT2D eigenvalue weighted by Crippen LogP contribution is 2.37. The smallest absolute Gasteiger partial charge is 0.0434 e. The van der Waals surface area contributed by atoms with Crippen LogP contribution in [0.15, 0.2) is 84.9 Å². The highest BCUT2D eigenvalue weighted by atomic mass is 35.5. The van der Waals surface area contributed by atoms with Crippen LogP contribution in [0.4, 0.5) is 0 Å². The van der Waals surface area contributed by atoms with Gasteiger partial charge in [0.1, 0.15) is 0 Å². The van der Waals surface area contributed by atoms with E-state index in [9.17, 15) is 5.11 Å². The first-order valence-electron chi connectivity index (χ1n) is 12.6. The number of nitrogens with zero attached hydrogens (tertiary/aromatic N) is 1. The lowest BCUT2D eigenvalue weighted by Gasteiger charge is -2.32. The molecule has 0 aromatic heterocycles. The van der Waals surface area contributed by atoms with Gasteiger partial charge in [-0.15, -0.1) is 12.4 Å². The third-order valence-electron chi connectivity index (χ3n) is 7.33. The van der Waals surface area contributed by atoms with Gasteiger partial charge < -0.3 is 10.0 Å². The van der Waals surface area contributed by atoms with Crippen molar-refractivity contribution in [3.8, 4) is 0 Å².